The molecule has 3 aliphatic rings. The molecule has 0 aromatic heterocycles. The Morgan fingerprint density at radius 1 is 1.18 bits per heavy atom. The van der Waals surface area contributed by atoms with Crippen LogP contribution in [0, 0.1) is 16.7 Å². The van der Waals surface area contributed by atoms with E-state index < -0.39 is 0 Å². The number of aliphatic hydroxyl groups excluding tert-OH is 1. The summed E-state index contributed by atoms with van der Waals surface area (Å²) in [6.07, 6.45) is 10.0. The van der Waals surface area contributed by atoms with Gasteiger partial charge in [-0.1, -0.05) is 33.6 Å². The van der Waals surface area contributed by atoms with Gasteiger partial charge < -0.3 is 15.2 Å². The molecule has 4 atom stereocenters. The molecule has 3 aliphatic carbocycles. The maximum Gasteiger partial charge on any atom is 0.0686 e. The van der Waals surface area contributed by atoms with E-state index in [1.165, 1.54) is 44.9 Å². The number of hydrogen-bond acceptors (Lipinski definition) is 3. The van der Waals surface area contributed by atoms with Crippen molar-refractivity contribution in [3.8, 4) is 0 Å². The van der Waals surface area contributed by atoms with E-state index in [2.05, 4.69) is 26.1 Å². The first-order valence-electron chi connectivity index (χ1n) is 9.46. The van der Waals surface area contributed by atoms with Crippen molar-refractivity contribution in [3.05, 3.63) is 0 Å². The first kappa shape index (κ1) is 16.7. The van der Waals surface area contributed by atoms with Gasteiger partial charge in [-0.15, -0.1) is 0 Å². The second-order valence-corrected chi connectivity index (χ2v) is 8.80. The molecule has 0 aliphatic heterocycles. The maximum absolute atomic E-state index is 10.1. The first-order valence-corrected chi connectivity index (χ1v) is 9.46. The monoisotopic (exact) mass is 309 g/mol. The molecule has 128 valence electrons. The summed E-state index contributed by atoms with van der Waals surface area (Å²) < 4.78 is 6.23. The Kier molecular flexibility index (Phi) is 4.87. The number of fused-ring (bicyclic) bond motifs is 2. The van der Waals surface area contributed by atoms with E-state index in [0.717, 1.165) is 18.9 Å². The number of rotatable bonds is 7. The van der Waals surface area contributed by atoms with E-state index in [0.29, 0.717) is 29.6 Å². The van der Waals surface area contributed by atoms with Gasteiger partial charge in [0.05, 0.1) is 12.2 Å². The molecule has 3 rings (SSSR count). The molecule has 0 unspecified atom stereocenters. The number of hydrogen-bond donors (Lipinski definition) is 2. The third-order valence-electron chi connectivity index (χ3n) is 7.48. The van der Waals surface area contributed by atoms with Crippen molar-refractivity contribution in [2.75, 3.05) is 13.2 Å². The highest BCUT2D eigenvalue weighted by Crippen LogP contribution is 2.66. The second-order valence-electron chi connectivity index (χ2n) is 8.80. The summed E-state index contributed by atoms with van der Waals surface area (Å²) in [4.78, 5) is 0. The summed E-state index contributed by atoms with van der Waals surface area (Å²) in [6, 6.07) is 0.640. The molecule has 3 saturated carbocycles. The number of ether oxygens (including phenoxy) is 1. The van der Waals surface area contributed by atoms with E-state index in [-0.39, 0.29) is 6.10 Å². The standard InChI is InChI=1S/C19H35NO2/c1-18(2)14-8-10-19(18,3)17(12-14)22-11-9-16(21)13-20-15-6-4-5-7-15/h14-17,20-21H,4-13H2,1-3H3/t14-,16-,17+,19+/m0/s1. The summed E-state index contributed by atoms with van der Waals surface area (Å²) in [5.41, 5.74) is 0.755. The van der Waals surface area contributed by atoms with Crippen molar-refractivity contribution in [1.29, 1.82) is 0 Å². The van der Waals surface area contributed by atoms with Gasteiger partial charge in [-0.25, -0.2) is 0 Å². The molecular weight excluding hydrogens is 274 g/mol. The van der Waals surface area contributed by atoms with Crippen molar-refractivity contribution in [2.24, 2.45) is 16.7 Å². The lowest BCUT2D eigenvalue weighted by Gasteiger charge is -2.39. The van der Waals surface area contributed by atoms with Crippen LogP contribution in [-0.2, 0) is 4.74 Å². The Balaban J connectivity index is 1.37. The van der Waals surface area contributed by atoms with Crippen LogP contribution in [0.5, 0.6) is 0 Å². The fourth-order valence-corrected chi connectivity index (χ4v) is 5.26. The molecule has 0 heterocycles. The van der Waals surface area contributed by atoms with Crippen LogP contribution in [-0.4, -0.2) is 36.5 Å². The molecule has 3 heteroatoms. The second kappa shape index (κ2) is 6.41. The topological polar surface area (TPSA) is 41.5 Å². The zero-order valence-electron chi connectivity index (χ0n) is 14.7. The Morgan fingerprint density at radius 3 is 2.50 bits per heavy atom. The lowest BCUT2D eigenvalue weighted by molar-refractivity contribution is -0.0546. The van der Waals surface area contributed by atoms with E-state index >= 15 is 0 Å². The quantitative estimate of drug-likeness (QED) is 0.756. The molecule has 0 saturated heterocycles. The fraction of sp³-hybridized carbons (Fsp3) is 1.00. The van der Waals surface area contributed by atoms with Gasteiger partial charge >= 0.3 is 0 Å². The van der Waals surface area contributed by atoms with Gasteiger partial charge in [0.15, 0.2) is 0 Å². The van der Waals surface area contributed by atoms with Crippen LogP contribution in [0.25, 0.3) is 0 Å². The summed E-state index contributed by atoms with van der Waals surface area (Å²) >= 11 is 0. The molecule has 0 amide bonds. The molecule has 0 aromatic rings. The summed E-state index contributed by atoms with van der Waals surface area (Å²) in [7, 11) is 0. The lowest BCUT2D eigenvalue weighted by Crippen LogP contribution is -2.38. The Morgan fingerprint density at radius 2 is 1.91 bits per heavy atom. The summed E-state index contributed by atoms with van der Waals surface area (Å²) in [5.74, 6) is 0.830. The van der Waals surface area contributed by atoms with Crippen LogP contribution >= 0.6 is 0 Å². The average Bonchev–Trinajstić information content (AvgIpc) is 3.11. The van der Waals surface area contributed by atoms with Gasteiger partial charge in [0.1, 0.15) is 0 Å². The minimum absolute atomic E-state index is 0.264. The van der Waals surface area contributed by atoms with E-state index in [9.17, 15) is 5.11 Å². The van der Waals surface area contributed by atoms with Crippen molar-refractivity contribution in [1.82, 2.24) is 5.32 Å². The van der Waals surface area contributed by atoms with E-state index in [1.807, 2.05) is 0 Å². The van der Waals surface area contributed by atoms with Gasteiger partial charge in [-0.2, -0.15) is 0 Å². The Hall–Kier alpha value is -0.120. The summed E-state index contributed by atoms with van der Waals surface area (Å²) in [6.45, 7) is 8.70. The molecule has 3 fully saturated rings. The highest BCUT2D eigenvalue weighted by atomic mass is 16.5. The number of aliphatic hydroxyl groups is 1. The fourth-order valence-electron chi connectivity index (χ4n) is 5.26. The molecule has 2 bridgehead atoms. The minimum atomic E-state index is -0.264. The van der Waals surface area contributed by atoms with Gasteiger partial charge in [-0.05, 0) is 55.3 Å². The highest BCUT2D eigenvalue weighted by molar-refractivity contribution is 5.11. The molecule has 0 radical (unpaired) electrons. The van der Waals surface area contributed by atoms with Gasteiger partial charge in [0.25, 0.3) is 0 Å². The average molecular weight is 309 g/mol. The minimum Gasteiger partial charge on any atom is -0.392 e. The third-order valence-corrected chi connectivity index (χ3v) is 7.48. The first-order chi connectivity index (χ1) is 10.4. The molecule has 2 N–H and O–H groups in total. The Bertz CT molecular complexity index is 378. The predicted molar refractivity (Wildman–Crippen MR) is 89.9 cm³/mol. The molecule has 0 aromatic carbocycles. The molecule has 22 heavy (non-hydrogen) atoms. The van der Waals surface area contributed by atoms with Crippen LogP contribution in [0.3, 0.4) is 0 Å². The van der Waals surface area contributed by atoms with Crippen molar-refractivity contribution >= 4 is 0 Å². The van der Waals surface area contributed by atoms with Crippen LogP contribution in [0.1, 0.15) is 72.1 Å². The van der Waals surface area contributed by atoms with Crippen LogP contribution in [0.2, 0.25) is 0 Å². The van der Waals surface area contributed by atoms with E-state index in [1.54, 1.807) is 0 Å². The SMILES string of the molecule is CC1(C)[C@H]2CC[C@]1(C)[C@H](OCC[C@H](O)CNC1CCCC1)C2. The highest BCUT2D eigenvalue weighted by Gasteiger charge is 2.61. The largest absolute Gasteiger partial charge is 0.392 e. The van der Waals surface area contributed by atoms with Crippen molar-refractivity contribution in [2.45, 2.75) is 90.4 Å². The normalized spacial score (nSPS) is 38.7. The molecule has 0 spiro atoms. The van der Waals surface area contributed by atoms with Gasteiger partial charge in [0.2, 0.25) is 0 Å². The maximum atomic E-state index is 10.1. The zero-order chi connectivity index (χ0) is 15.8. The third kappa shape index (κ3) is 2.97. The van der Waals surface area contributed by atoms with E-state index in [4.69, 9.17) is 4.74 Å². The van der Waals surface area contributed by atoms with Crippen molar-refractivity contribution < 1.29 is 9.84 Å². The van der Waals surface area contributed by atoms with Crippen LogP contribution < -0.4 is 5.32 Å². The summed E-state index contributed by atoms with van der Waals surface area (Å²) in [5, 5.41) is 13.6. The molecule has 3 nitrogen and oxygen atoms in total. The Labute approximate surface area is 136 Å². The van der Waals surface area contributed by atoms with Crippen LogP contribution in [0.15, 0.2) is 0 Å². The zero-order valence-corrected chi connectivity index (χ0v) is 14.7. The van der Waals surface area contributed by atoms with Gasteiger partial charge in [0, 0.05) is 19.2 Å². The van der Waals surface area contributed by atoms with Crippen molar-refractivity contribution in [3.63, 3.8) is 0 Å². The molecular formula is C19H35NO2. The van der Waals surface area contributed by atoms with Gasteiger partial charge in [-0.3, -0.25) is 0 Å². The predicted octanol–water partition coefficient (Wildman–Crippen LogP) is 3.50. The smallest absolute Gasteiger partial charge is 0.0686 e. The lowest BCUT2D eigenvalue weighted by atomic mass is 9.70. The number of nitrogens with one attached hydrogen (secondary N) is 1. The van der Waals surface area contributed by atoms with Crippen LogP contribution in [0.4, 0.5) is 0 Å².